The van der Waals surface area contributed by atoms with E-state index in [-0.39, 0.29) is 88.7 Å². The van der Waals surface area contributed by atoms with E-state index in [1.165, 1.54) is 38.5 Å². The van der Waals surface area contributed by atoms with Crippen molar-refractivity contribution in [3.63, 3.8) is 0 Å². The average Bonchev–Trinajstić information content (AvgIpc) is 2.35. The minimum absolute atomic E-state index is 0. The Hall–Kier alpha value is 1.27. The number of rotatable bonds is 2. The number of methoxy groups -OCH3 is 2. The second kappa shape index (κ2) is 15.8. The summed E-state index contributed by atoms with van der Waals surface area (Å²) >= 11 is 0. The molecule has 0 amide bonds. The van der Waals surface area contributed by atoms with Crippen LogP contribution in [0.2, 0.25) is 0 Å². The summed E-state index contributed by atoms with van der Waals surface area (Å²) in [6.45, 7) is 0. The molecule has 0 fully saturated rings. The third kappa shape index (κ3) is 16.1. The molecule has 0 spiro atoms. The van der Waals surface area contributed by atoms with Gasteiger partial charge in [-0.3, -0.25) is 0 Å². The van der Waals surface area contributed by atoms with Crippen LogP contribution in [0.4, 0.5) is 0 Å². The first-order valence-corrected chi connectivity index (χ1v) is 6.15. The molecule has 1 rings (SSSR count). The number of benzene rings is 1. The fourth-order valence-electron chi connectivity index (χ4n) is 0.978. The van der Waals surface area contributed by atoms with E-state index in [1.807, 2.05) is 0 Å². The number of hydrogen-bond acceptors (Lipinski definition) is 8. The monoisotopic (exact) mass is 358 g/mol. The Morgan fingerprint density at radius 3 is 1.14 bits per heavy atom. The van der Waals surface area contributed by atoms with Gasteiger partial charge in [0.25, 0.3) is 0 Å². The van der Waals surface area contributed by atoms with Crippen LogP contribution >= 0.6 is 7.82 Å². The number of carbonyl (C=O) groups excluding carboxylic acids is 2. The summed E-state index contributed by atoms with van der Waals surface area (Å²) in [5, 5.41) is 0. The van der Waals surface area contributed by atoms with Gasteiger partial charge in [-0.25, -0.2) is 9.59 Å². The predicted molar refractivity (Wildman–Crippen MR) is 56.7 cm³/mol. The summed E-state index contributed by atoms with van der Waals surface area (Å²) in [7, 11) is -2.78. The van der Waals surface area contributed by atoms with Crippen LogP contribution in [0, 0.1) is 0 Å². The summed E-state index contributed by atoms with van der Waals surface area (Å²) in [4.78, 5) is 47.7. The largest absolute Gasteiger partial charge is 1.00 e. The Bertz CT molecular complexity index is 444. The number of esters is 2. The molecule has 106 valence electrons. The van der Waals surface area contributed by atoms with Crippen molar-refractivity contribution in [1.82, 2.24) is 0 Å². The predicted octanol–water partition coefficient (Wildman–Crippen LogP) is -10.6. The normalized spacial score (nSPS) is 8.59. The molecular weight excluding hydrogens is 348 g/mol. The molecule has 0 N–H and O–H groups in total. The average molecular weight is 358 g/mol. The first-order chi connectivity index (χ1) is 8.69. The van der Waals surface area contributed by atoms with E-state index in [0.717, 1.165) is 0 Å². The second-order valence-electron chi connectivity index (χ2n) is 3.01. The topological polar surface area (TPSA) is 139 Å². The van der Waals surface area contributed by atoms with Crippen molar-refractivity contribution in [3.8, 4) is 0 Å². The third-order valence-electron chi connectivity index (χ3n) is 1.73. The van der Waals surface area contributed by atoms with Gasteiger partial charge in [0.2, 0.25) is 0 Å². The van der Waals surface area contributed by atoms with E-state index >= 15 is 0 Å². The minimum atomic E-state index is -5.39. The van der Waals surface area contributed by atoms with Crippen LogP contribution in [0.25, 0.3) is 0 Å². The van der Waals surface area contributed by atoms with Gasteiger partial charge in [-0.2, -0.15) is 7.82 Å². The van der Waals surface area contributed by atoms with Gasteiger partial charge in [0.05, 0.1) is 25.3 Å². The molecule has 0 aliphatic carbocycles. The first-order valence-electron chi connectivity index (χ1n) is 4.68. The van der Waals surface area contributed by atoms with Gasteiger partial charge in [-0.1, -0.05) is 0 Å². The zero-order chi connectivity index (χ0) is 15.1. The molecule has 0 aliphatic heterocycles. The second-order valence-corrected chi connectivity index (χ2v) is 3.90. The molecule has 0 aliphatic rings. The van der Waals surface area contributed by atoms with Gasteiger partial charge in [0.1, 0.15) is 0 Å². The standard InChI is InChI=1S/C10H10O4.3Na.H3O4P/c1-13-9(11)7-3-5-8(6-4-7)10(12)14-2;;;;1-5(2,3)4/h3-6H,1-2H3;;;;(H3,1,2,3,4)/q;3*+1;/p-3. The van der Waals surface area contributed by atoms with Crippen LogP contribution < -0.4 is 103 Å². The molecular formula is C10H10Na3O8P. The molecule has 0 unspecified atom stereocenters. The molecule has 1 aromatic rings. The van der Waals surface area contributed by atoms with Crippen molar-refractivity contribution in [2.75, 3.05) is 14.2 Å². The molecule has 0 aromatic heterocycles. The van der Waals surface area contributed by atoms with Gasteiger partial charge >= 0.3 is 101 Å². The summed E-state index contributed by atoms with van der Waals surface area (Å²) in [5.74, 6) is -0.858. The van der Waals surface area contributed by atoms with E-state index in [2.05, 4.69) is 9.47 Å². The van der Waals surface area contributed by atoms with Crippen LogP contribution in [-0.4, -0.2) is 26.2 Å². The molecule has 0 bridgehead atoms. The summed E-state index contributed by atoms with van der Waals surface area (Å²) in [5.41, 5.74) is 0.806. The zero-order valence-electron chi connectivity index (χ0n) is 13.0. The van der Waals surface area contributed by atoms with Gasteiger partial charge < -0.3 is 28.7 Å². The third-order valence-corrected chi connectivity index (χ3v) is 1.73. The van der Waals surface area contributed by atoms with Crippen molar-refractivity contribution >= 4 is 19.8 Å². The Labute approximate surface area is 194 Å². The van der Waals surface area contributed by atoms with E-state index in [0.29, 0.717) is 11.1 Å². The van der Waals surface area contributed by atoms with Crippen LogP contribution in [0.5, 0.6) is 0 Å². The van der Waals surface area contributed by atoms with Gasteiger partial charge in [-0.15, -0.1) is 0 Å². The van der Waals surface area contributed by atoms with Crippen LogP contribution in [-0.2, 0) is 14.0 Å². The van der Waals surface area contributed by atoms with Crippen LogP contribution in [0.15, 0.2) is 24.3 Å². The Kier molecular flexibility index (Phi) is 22.3. The van der Waals surface area contributed by atoms with Crippen LogP contribution in [0.3, 0.4) is 0 Å². The van der Waals surface area contributed by atoms with E-state index in [9.17, 15) is 9.59 Å². The quantitative estimate of drug-likeness (QED) is 0.289. The maximum absolute atomic E-state index is 11.0. The Balaban J connectivity index is -0.000000179. The molecule has 0 heterocycles. The molecule has 0 saturated heterocycles. The summed E-state index contributed by atoms with van der Waals surface area (Å²) < 4.78 is 17.6. The number of carbonyl (C=O) groups is 2. The number of phosphoric acid groups is 1. The fourth-order valence-corrected chi connectivity index (χ4v) is 0.978. The van der Waals surface area contributed by atoms with Crippen molar-refractivity contribution < 1.29 is 127 Å². The van der Waals surface area contributed by atoms with Crippen molar-refractivity contribution in [2.24, 2.45) is 0 Å². The molecule has 0 atom stereocenters. The van der Waals surface area contributed by atoms with Crippen molar-refractivity contribution in [1.29, 1.82) is 0 Å². The van der Waals surface area contributed by atoms with E-state index < -0.39 is 19.8 Å². The van der Waals surface area contributed by atoms with Gasteiger partial charge in [0.15, 0.2) is 0 Å². The molecule has 0 saturated carbocycles. The minimum Gasteiger partial charge on any atom is -0.822 e. The first kappa shape index (κ1) is 31.1. The number of ether oxygens (including phenoxy) is 2. The molecule has 0 radical (unpaired) electrons. The van der Waals surface area contributed by atoms with E-state index in [4.69, 9.17) is 19.2 Å². The molecule has 8 nitrogen and oxygen atoms in total. The smallest absolute Gasteiger partial charge is 0.822 e. The SMILES string of the molecule is COC(=O)c1ccc(C(=O)OC)cc1.O=P([O-])([O-])[O-].[Na+].[Na+].[Na+]. The van der Waals surface area contributed by atoms with E-state index in [1.54, 1.807) is 0 Å². The molecule has 12 heteroatoms. The maximum Gasteiger partial charge on any atom is 1.00 e. The summed E-state index contributed by atoms with van der Waals surface area (Å²) in [6.07, 6.45) is 0. The van der Waals surface area contributed by atoms with Gasteiger partial charge in [0, 0.05) is 0 Å². The van der Waals surface area contributed by atoms with Crippen molar-refractivity contribution in [2.45, 2.75) is 0 Å². The molecule has 1 aromatic carbocycles. The summed E-state index contributed by atoms with van der Waals surface area (Å²) in [6, 6.07) is 6.05. The van der Waals surface area contributed by atoms with Crippen molar-refractivity contribution in [3.05, 3.63) is 35.4 Å². The maximum atomic E-state index is 11.0. The van der Waals surface area contributed by atoms with Crippen LogP contribution in [0.1, 0.15) is 20.7 Å². The zero-order valence-corrected chi connectivity index (χ0v) is 19.9. The van der Waals surface area contributed by atoms with Gasteiger partial charge in [-0.05, 0) is 24.3 Å². The Morgan fingerprint density at radius 2 is 1.00 bits per heavy atom. The Morgan fingerprint density at radius 1 is 0.818 bits per heavy atom. The number of hydrogen-bond donors (Lipinski definition) is 0. The molecule has 22 heavy (non-hydrogen) atoms. The fraction of sp³-hybridized carbons (Fsp3) is 0.200.